The molecule has 0 aliphatic rings. The predicted octanol–water partition coefficient (Wildman–Crippen LogP) is 1.23. The first kappa shape index (κ1) is 13.8. The molecule has 3 N–H and O–H groups in total. The SMILES string of the molecule is CSCCCCNC(C(N)=O)C(C)C. The molecule has 0 saturated carbocycles. The topological polar surface area (TPSA) is 55.1 Å². The third-order valence-corrected chi connectivity index (χ3v) is 2.81. The van der Waals surface area contributed by atoms with E-state index in [-0.39, 0.29) is 17.9 Å². The molecule has 0 aliphatic heterocycles. The minimum absolute atomic E-state index is 0.177. The molecule has 0 rings (SSSR count). The number of amides is 1. The van der Waals surface area contributed by atoms with E-state index >= 15 is 0 Å². The maximum Gasteiger partial charge on any atom is 0.234 e. The van der Waals surface area contributed by atoms with Gasteiger partial charge in [0.15, 0.2) is 0 Å². The van der Waals surface area contributed by atoms with Crippen LogP contribution in [0.5, 0.6) is 0 Å². The summed E-state index contributed by atoms with van der Waals surface area (Å²) in [5.74, 6) is 1.21. The number of nitrogens with two attached hydrogens (primary N) is 1. The number of thioether (sulfide) groups is 1. The molecular formula is C10H22N2OS. The average molecular weight is 218 g/mol. The fraction of sp³-hybridized carbons (Fsp3) is 0.900. The Bertz CT molecular complexity index is 162. The highest BCUT2D eigenvalue weighted by atomic mass is 32.2. The second kappa shape index (κ2) is 8.12. The molecule has 1 atom stereocenters. The summed E-state index contributed by atoms with van der Waals surface area (Å²) >= 11 is 1.85. The third kappa shape index (κ3) is 6.27. The summed E-state index contributed by atoms with van der Waals surface area (Å²) in [6, 6.07) is -0.177. The van der Waals surface area contributed by atoms with Crippen molar-refractivity contribution in [3.05, 3.63) is 0 Å². The Balaban J connectivity index is 3.57. The number of carbonyl (C=O) groups is 1. The van der Waals surface area contributed by atoms with E-state index in [2.05, 4.69) is 11.6 Å². The Morgan fingerprint density at radius 1 is 1.43 bits per heavy atom. The number of hydrogen-bond acceptors (Lipinski definition) is 3. The van der Waals surface area contributed by atoms with E-state index in [0.717, 1.165) is 13.0 Å². The highest BCUT2D eigenvalue weighted by Gasteiger charge is 2.17. The Morgan fingerprint density at radius 3 is 2.50 bits per heavy atom. The largest absolute Gasteiger partial charge is 0.368 e. The van der Waals surface area contributed by atoms with Crippen LogP contribution < -0.4 is 11.1 Å². The van der Waals surface area contributed by atoms with Gasteiger partial charge >= 0.3 is 0 Å². The van der Waals surface area contributed by atoms with Gasteiger partial charge in [-0.3, -0.25) is 4.79 Å². The lowest BCUT2D eigenvalue weighted by atomic mass is 10.0. The maximum absolute atomic E-state index is 11.0. The van der Waals surface area contributed by atoms with Crippen molar-refractivity contribution in [2.75, 3.05) is 18.6 Å². The molecule has 0 fully saturated rings. The van der Waals surface area contributed by atoms with Crippen LogP contribution in [0.4, 0.5) is 0 Å². The van der Waals surface area contributed by atoms with Crippen LogP contribution in [0.1, 0.15) is 26.7 Å². The van der Waals surface area contributed by atoms with Crippen molar-refractivity contribution in [3.63, 3.8) is 0 Å². The molecule has 84 valence electrons. The van der Waals surface area contributed by atoms with Gasteiger partial charge in [0.1, 0.15) is 0 Å². The van der Waals surface area contributed by atoms with Crippen molar-refractivity contribution in [1.29, 1.82) is 0 Å². The minimum atomic E-state index is -0.245. The van der Waals surface area contributed by atoms with Crippen molar-refractivity contribution < 1.29 is 4.79 Å². The summed E-state index contributed by atoms with van der Waals surface area (Å²) in [4.78, 5) is 11.0. The normalized spacial score (nSPS) is 13.1. The quantitative estimate of drug-likeness (QED) is 0.603. The van der Waals surface area contributed by atoms with Crippen molar-refractivity contribution >= 4 is 17.7 Å². The van der Waals surface area contributed by atoms with Crippen LogP contribution in [0.2, 0.25) is 0 Å². The molecule has 0 radical (unpaired) electrons. The van der Waals surface area contributed by atoms with Crippen LogP contribution in [-0.2, 0) is 4.79 Å². The molecule has 0 aliphatic carbocycles. The van der Waals surface area contributed by atoms with Gasteiger partial charge in [0, 0.05) is 0 Å². The Labute approximate surface area is 91.2 Å². The van der Waals surface area contributed by atoms with Crippen molar-refractivity contribution in [1.82, 2.24) is 5.32 Å². The standard InChI is InChI=1S/C10H22N2OS/c1-8(2)9(10(11)13)12-6-4-5-7-14-3/h8-9,12H,4-7H2,1-3H3,(H2,11,13). The Kier molecular flexibility index (Phi) is 7.99. The molecule has 1 unspecified atom stereocenters. The molecule has 4 heteroatoms. The number of hydrogen-bond donors (Lipinski definition) is 2. The molecule has 0 aromatic heterocycles. The summed E-state index contributed by atoms with van der Waals surface area (Å²) in [7, 11) is 0. The number of carbonyl (C=O) groups excluding carboxylic acids is 1. The summed E-state index contributed by atoms with van der Waals surface area (Å²) < 4.78 is 0. The zero-order chi connectivity index (χ0) is 11.0. The molecular weight excluding hydrogens is 196 g/mol. The molecule has 0 bridgehead atoms. The van der Waals surface area contributed by atoms with E-state index in [1.165, 1.54) is 12.2 Å². The van der Waals surface area contributed by atoms with Crippen molar-refractivity contribution in [2.45, 2.75) is 32.7 Å². The monoisotopic (exact) mass is 218 g/mol. The van der Waals surface area contributed by atoms with E-state index in [9.17, 15) is 4.79 Å². The highest BCUT2D eigenvalue weighted by Crippen LogP contribution is 2.02. The van der Waals surface area contributed by atoms with E-state index in [1.807, 2.05) is 25.6 Å². The minimum Gasteiger partial charge on any atom is -0.368 e. The second-order valence-corrected chi connectivity index (χ2v) is 4.76. The summed E-state index contributed by atoms with van der Waals surface area (Å²) in [6.07, 6.45) is 4.41. The number of nitrogens with one attached hydrogen (secondary N) is 1. The Morgan fingerprint density at radius 2 is 2.07 bits per heavy atom. The molecule has 0 saturated heterocycles. The van der Waals surface area contributed by atoms with Gasteiger partial charge in [0.05, 0.1) is 6.04 Å². The molecule has 0 spiro atoms. The number of unbranched alkanes of at least 4 members (excludes halogenated alkanes) is 1. The lowest BCUT2D eigenvalue weighted by molar-refractivity contribution is -0.121. The van der Waals surface area contributed by atoms with Crippen LogP contribution in [0.15, 0.2) is 0 Å². The van der Waals surface area contributed by atoms with Crippen LogP contribution in [0.3, 0.4) is 0 Å². The first-order valence-corrected chi connectivity index (χ1v) is 6.50. The molecule has 0 aromatic rings. The van der Waals surface area contributed by atoms with E-state index in [1.54, 1.807) is 0 Å². The van der Waals surface area contributed by atoms with Gasteiger partial charge in [0.2, 0.25) is 5.91 Å². The summed E-state index contributed by atoms with van der Waals surface area (Å²) in [5.41, 5.74) is 5.27. The Hall–Kier alpha value is -0.220. The van der Waals surface area contributed by atoms with Gasteiger partial charge in [-0.1, -0.05) is 13.8 Å². The lowest BCUT2D eigenvalue weighted by Gasteiger charge is -2.18. The average Bonchev–Trinajstić information content (AvgIpc) is 2.09. The molecule has 1 amide bonds. The highest BCUT2D eigenvalue weighted by molar-refractivity contribution is 7.98. The van der Waals surface area contributed by atoms with Gasteiger partial charge in [-0.15, -0.1) is 0 Å². The first-order valence-electron chi connectivity index (χ1n) is 5.11. The smallest absolute Gasteiger partial charge is 0.234 e. The van der Waals surface area contributed by atoms with E-state index < -0.39 is 0 Å². The predicted molar refractivity (Wildman–Crippen MR) is 63.4 cm³/mol. The van der Waals surface area contributed by atoms with E-state index in [0.29, 0.717) is 0 Å². The van der Waals surface area contributed by atoms with Crippen LogP contribution in [0.25, 0.3) is 0 Å². The second-order valence-electron chi connectivity index (χ2n) is 3.78. The third-order valence-electron chi connectivity index (χ3n) is 2.11. The van der Waals surface area contributed by atoms with Crippen LogP contribution in [0, 0.1) is 5.92 Å². The van der Waals surface area contributed by atoms with Gasteiger partial charge in [-0.25, -0.2) is 0 Å². The number of primary amides is 1. The van der Waals surface area contributed by atoms with Crippen molar-refractivity contribution in [3.8, 4) is 0 Å². The maximum atomic E-state index is 11.0. The van der Waals surface area contributed by atoms with Crippen LogP contribution in [-0.4, -0.2) is 30.5 Å². The zero-order valence-corrected chi connectivity index (χ0v) is 10.2. The molecule has 0 heterocycles. The van der Waals surface area contributed by atoms with Gasteiger partial charge in [0.25, 0.3) is 0 Å². The molecule has 14 heavy (non-hydrogen) atoms. The van der Waals surface area contributed by atoms with Crippen molar-refractivity contribution in [2.24, 2.45) is 11.7 Å². The zero-order valence-electron chi connectivity index (χ0n) is 9.38. The first-order chi connectivity index (χ1) is 6.59. The van der Waals surface area contributed by atoms with Crippen LogP contribution >= 0.6 is 11.8 Å². The fourth-order valence-corrected chi connectivity index (χ4v) is 1.79. The summed E-state index contributed by atoms with van der Waals surface area (Å²) in [5, 5.41) is 3.19. The fourth-order valence-electron chi connectivity index (χ4n) is 1.29. The molecule has 0 aromatic carbocycles. The molecule has 3 nitrogen and oxygen atoms in total. The van der Waals surface area contributed by atoms with E-state index in [4.69, 9.17) is 5.73 Å². The van der Waals surface area contributed by atoms with Gasteiger partial charge in [-0.2, -0.15) is 11.8 Å². The van der Waals surface area contributed by atoms with Gasteiger partial charge in [-0.05, 0) is 37.3 Å². The van der Waals surface area contributed by atoms with Gasteiger partial charge < -0.3 is 11.1 Å². The number of rotatable bonds is 8. The summed E-state index contributed by atoms with van der Waals surface area (Å²) in [6.45, 7) is 4.89. The lowest BCUT2D eigenvalue weighted by Crippen LogP contribution is -2.45.